The molecular formula is C22H30O6. The zero-order chi connectivity index (χ0) is 20.7. The Labute approximate surface area is 166 Å². The molecular weight excluding hydrogens is 360 g/mol. The molecule has 0 amide bonds. The van der Waals surface area contributed by atoms with Gasteiger partial charge in [0.25, 0.3) is 0 Å². The Balaban J connectivity index is 1.88. The fourth-order valence-electron chi connectivity index (χ4n) is 4.27. The van der Waals surface area contributed by atoms with Crippen molar-refractivity contribution in [3.8, 4) is 0 Å². The zero-order valence-corrected chi connectivity index (χ0v) is 17.1. The molecule has 3 fully saturated rings. The average molecular weight is 390 g/mol. The largest absolute Gasteiger partial charge is 0.462 e. The number of esters is 2. The van der Waals surface area contributed by atoms with Gasteiger partial charge in [-0.1, -0.05) is 30.4 Å². The minimum atomic E-state index is -0.961. The van der Waals surface area contributed by atoms with Crippen LogP contribution in [0, 0.1) is 11.8 Å². The third-order valence-electron chi connectivity index (χ3n) is 5.83. The second-order valence-electron chi connectivity index (χ2n) is 8.85. The van der Waals surface area contributed by atoms with Gasteiger partial charge >= 0.3 is 11.9 Å². The minimum Gasteiger partial charge on any atom is -0.462 e. The Hall–Kier alpha value is -1.92. The maximum Gasteiger partial charge on any atom is 0.334 e. The van der Waals surface area contributed by atoms with E-state index in [-0.39, 0.29) is 48.2 Å². The molecule has 0 bridgehead atoms. The van der Waals surface area contributed by atoms with Crippen molar-refractivity contribution in [2.24, 2.45) is 11.8 Å². The van der Waals surface area contributed by atoms with Crippen molar-refractivity contribution in [3.05, 3.63) is 36.0 Å². The molecule has 5 atom stereocenters. The molecule has 0 aromatic carbocycles. The lowest BCUT2D eigenvalue weighted by molar-refractivity contribution is -0.147. The van der Waals surface area contributed by atoms with Crippen LogP contribution in [0.5, 0.6) is 0 Å². The lowest BCUT2D eigenvalue weighted by Gasteiger charge is -2.34. The van der Waals surface area contributed by atoms with Crippen molar-refractivity contribution in [1.29, 1.82) is 0 Å². The van der Waals surface area contributed by atoms with E-state index in [2.05, 4.69) is 6.58 Å². The second kappa shape index (κ2) is 7.48. The number of allylic oxidation sites excluding steroid dienone is 2. The van der Waals surface area contributed by atoms with Gasteiger partial charge in [-0.3, -0.25) is 4.79 Å². The van der Waals surface area contributed by atoms with E-state index in [0.717, 1.165) is 18.4 Å². The van der Waals surface area contributed by atoms with E-state index in [4.69, 9.17) is 14.2 Å². The van der Waals surface area contributed by atoms with Crippen LogP contribution in [-0.2, 0) is 23.8 Å². The molecule has 2 unspecified atom stereocenters. The normalized spacial score (nSPS) is 37.4. The summed E-state index contributed by atoms with van der Waals surface area (Å²) in [6.45, 7) is 11.3. The number of carbonyl (C=O) groups is 2. The highest BCUT2D eigenvalue weighted by atomic mass is 16.6. The predicted octanol–water partition coefficient (Wildman–Crippen LogP) is 2.86. The van der Waals surface area contributed by atoms with E-state index in [1.807, 2.05) is 6.92 Å². The lowest BCUT2D eigenvalue weighted by atomic mass is 9.76. The van der Waals surface area contributed by atoms with E-state index in [1.54, 1.807) is 32.1 Å². The SMILES string of the molecule is C=C1C[C@@H](OC(C)=O)C2OC2(C)CC[C@@H]2/C(=C/C=C/C(C)(C)O)C(=O)OC[C@@H]12. The van der Waals surface area contributed by atoms with E-state index < -0.39 is 5.60 Å². The Kier molecular flexibility index (Phi) is 5.56. The third kappa shape index (κ3) is 4.55. The Morgan fingerprint density at radius 3 is 2.75 bits per heavy atom. The number of rotatable bonds is 3. The number of aliphatic hydroxyl groups is 1. The number of carbonyl (C=O) groups excluding carboxylic acids is 2. The molecule has 1 N–H and O–H groups in total. The first-order valence-corrected chi connectivity index (χ1v) is 9.82. The Morgan fingerprint density at radius 2 is 2.11 bits per heavy atom. The van der Waals surface area contributed by atoms with Crippen molar-refractivity contribution in [1.82, 2.24) is 0 Å². The van der Waals surface area contributed by atoms with Gasteiger partial charge in [0.2, 0.25) is 0 Å². The third-order valence-corrected chi connectivity index (χ3v) is 5.83. The van der Waals surface area contributed by atoms with Crippen LogP contribution in [-0.4, -0.2) is 47.1 Å². The van der Waals surface area contributed by atoms with E-state index in [9.17, 15) is 14.7 Å². The fourth-order valence-corrected chi connectivity index (χ4v) is 4.27. The number of ether oxygens (including phenoxy) is 3. The Bertz CT molecular complexity index is 728. The van der Waals surface area contributed by atoms with E-state index >= 15 is 0 Å². The van der Waals surface area contributed by atoms with Gasteiger partial charge in [0.1, 0.15) is 12.2 Å². The quantitative estimate of drug-likeness (QED) is 0.345. The first kappa shape index (κ1) is 20.8. The van der Waals surface area contributed by atoms with Crippen molar-refractivity contribution < 1.29 is 28.9 Å². The summed E-state index contributed by atoms with van der Waals surface area (Å²) >= 11 is 0. The van der Waals surface area contributed by atoms with Crippen LogP contribution in [0.1, 0.15) is 47.0 Å². The zero-order valence-electron chi connectivity index (χ0n) is 17.1. The van der Waals surface area contributed by atoms with Crippen LogP contribution < -0.4 is 0 Å². The predicted molar refractivity (Wildman–Crippen MR) is 103 cm³/mol. The molecule has 28 heavy (non-hydrogen) atoms. The van der Waals surface area contributed by atoms with Crippen LogP contribution in [0.3, 0.4) is 0 Å². The number of cyclic esters (lactones) is 1. The maximum atomic E-state index is 12.5. The molecule has 6 heteroatoms. The molecule has 2 heterocycles. The van der Waals surface area contributed by atoms with Gasteiger partial charge in [-0.2, -0.15) is 0 Å². The Morgan fingerprint density at radius 1 is 1.39 bits per heavy atom. The second-order valence-corrected chi connectivity index (χ2v) is 8.85. The smallest absolute Gasteiger partial charge is 0.334 e. The topological polar surface area (TPSA) is 85.4 Å². The first-order valence-electron chi connectivity index (χ1n) is 9.82. The highest BCUT2D eigenvalue weighted by molar-refractivity contribution is 5.90. The highest BCUT2D eigenvalue weighted by Crippen LogP contribution is 2.50. The number of hydrogen-bond acceptors (Lipinski definition) is 6. The molecule has 0 spiro atoms. The van der Waals surface area contributed by atoms with Gasteiger partial charge in [0, 0.05) is 30.8 Å². The van der Waals surface area contributed by atoms with Gasteiger partial charge < -0.3 is 19.3 Å². The number of hydrogen-bond donors (Lipinski definition) is 1. The van der Waals surface area contributed by atoms with Gasteiger partial charge in [-0.25, -0.2) is 4.79 Å². The van der Waals surface area contributed by atoms with Crippen molar-refractivity contribution in [2.75, 3.05) is 6.61 Å². The number of epoxide rings is 1. The molecule has 0 aromatic rings. The van der Waals surface area contributed by atoms with Gasteiger partial charge in [-0.05, 0) is 33.6 Å². The molecule has 3 rings (SSSR count). The summed E-state index contributed by atoms with van der Waals surface area (Å²) in [6, 6.07) is 0. The van der Waals surface area contributed by atoms with Crippen LogP contribution in [0.4, 0.5) is 0 Å². The molecule has 1 saturated carbocycles. The molecule has 0 aromatic heterocycles. The standard InChI is InChI=1S/C22H30O6/c1-13-11-18(27-14(2)23)19-22(5,28-19)10-8-15-16(7-6-9-21(3,4)25)20(24)26-12-17(13)15/h6-7,9,15,17-19,25H,1,8,10-12H2,2-5H3/b9-6+,16-7-/t15-,17+,18-,19?,22?/m1/s1. The van der Waals surface area contributed by atoms with Crippen LogP contribution in [0.25, 0.3) is 0 Å². The molecule has 154 valence electrons. The summed E-state index contributed by atoms with van der Waals surface area (Å²) in [7, 11) is 0. The van der Waals surface area contributed by atoms with Crippen LogP contribution in [0.15, 0.2) is 36.0 Å². The van der Waals surface area contributed by atoms with Crippen molar-refractivity contribution >= 4 is 11.9 Å². The van der Waals surface area contributed by atoms with Crippen LogP contribution >= 0.6 is 0 Å². The molecule has 6 nitrogen and oxygen atoms in total. The van der Waals surface area contributed by atoms with Crippen molar-refractivity contribution in [3.63, 3.8) is 0 Å². The lowest BCUT2D eigenvalue weighted by Crippen LogP contribution is -2.35. The fraction of sp³-hybridized carbons (Fsp3) is 0.636. The highest BCUT2D eigenvalue weighted by Gasteiger charge is 2.58. The average Bonchev–Trinajstić information content (AvgIpc) is 3.23. The monoisotopic (exact) mass is 390 g/mol. The van der Waals surface area contributed by atoms with E-state index in [0.29, 0.717) is 12.0 Å². The molecule has 3 aliphatic rings. The summed E-state index contributed by atoms with van der Waals surface area (Å²) < 4.78 is 16.9. The summed E-state index contributed by atoms with van der Waals surface area (Å²) in [5.41, 5.74) is 0.173. The first-order chi connectivity index (χ1) is 13.0. The summed E-state index contributed by atoms with van der Waals surface area (Å²) in [6.07, 6.45) is 6.56. The number of fused-ring (bicyclic) bond motifs is 2. The van der Waals surface area contributed by atoms with Gasteiger partial charge in [0.05, 0.1) is 17.8 Å². The van der Waals surface area contributed by atoms with Crippen molar-refractivity contribution in [2.45, 2.75) is 70.4 Å². The molecule has 0 radical (unpaired) electrons. The molecule has 2 aliphatic heterocycles. The van der Waals surface area contributed by atoms with Crippen LogP contribution in [0.2, 0.25) is 0 Å². The molecule has 2 saturated heterocycles. The van der Waals surface area contributed by atoms with Gasteiger partial charge in [0.15, 0.2) is 0 Å². The summed E-state index contributed by atoms with van der Waals surface area (Å²) in [4.78, 5) is 24.0. The van der Waals surface area contributed by atoms with Gasteiger partial charge in [-0.15, -0.1) is 0 Å². The maximum absolute atomic E-state index is 12.5. The van der Waals surface area contributed by atoms with E-state index in [1.165, 1.54) is 6.92 Å². The molecule has 1 aliphatic carbocycles. The summed E-state index contributed by atoms with van der Waals surface area (Å²) in [5.74, 6) is -0.737. The summed E-state index contributed by atoms with van der Waals surface area (Å²) in [5, 5.41) is 9.88. The minimum absolute atomic E-state index is 0.0290.